The number of carbonyl (C=O) groups is 1. The second-order valence-electron chi connectivity index (χ2n) is 10.5. The molecule has 0 bridgehead atoms. The molecule has 7 nitrogen and oxygen atoms in total. The number of fused-ring (bicyclic) bond motifs is 1. The largest absolute Gasteiger partial charge is 0.490 e. The number of hydrogen-bond acceptors (Lipinski definition) is 6. The minimum absolute atomic E-state index is 0.0359. The van der Waals surface area contributed by atoms with E-state index in [1.807, 2.05) is 26.0 Å². The number of ether oxygens (including phenoxy) is 1. The van der Waals surface area contributed by atoms with Crippen LogP contribution in [0.3, 0.4) is 0 Å². The van der Waals surface area contributed by atoms with Crippen molar-refractivity contribution in [3.8, 4) is 5.75 Å². The second-order valence-corrected chi connectivity index (χ2v) is 13.3. The van der Waals surface area contributed by atoms with Gasteiger partial charge in [0.25, 0.3) is 10.2 Å². The first kappa shape index (κ1) is 28.8. The van der Waals surface area contributed by atoms with Crippen molar-refractivity contribution in [3.63, 3.8) is 0 Å². The van der Waals surface area contributed by atoms with Crippen LogP contribution in [-0.4, -0.2) is 45.6 Å². The molecule has 1 aromatic carbocycles. The molecular weight excluding hydrogens is 496 g/mol. The third kappa shape index (κ3) is 7.16. The quantitative estimate of drug-likeness (QED) is 0.355. The zero-order valence-corrected chi connectivity index (χ0v) is 23.9. The van der Waals surface area contributed by atoms with Gasteiger partial charge in [-0.1, -0.05) is 32.9 Å². The molecule has 1 heterocycles. The smallest absolute Gasteiger partial charge is 0.276 e. The number of nitrogens with one attached hydrogen (secondary N) is 2. The van der Waals surface area contributed by atoms with Crippen LogP contribution in [0.1, 0.15) is 76.0 Å². The molecule has 1 aliphatic rings. The molecule has 1 aliphatic carbocycles. The van der Waals surface area contributed by atoms with E-state index in [-0.39, 0.29) is 18.9 Å². The SMILES string of the molecule is CCc1sc(C(=O)CCc2cc(C)c(OCC(O)CNS(=O)(=O)NC)c(C)c2)c2c1CC(C)(C)CC2. The maximum absolute atomic E-state index is 13.3. The standard InChI is InChI=1S/C27H40N2O5S2/c1-7-24-22-14-27(4,5)11-10-21(22)26(35-24)23(31)9-8-19-12-17(2)25(18(3)13-19)34-16-20(30)15-29-36(32,33)28-6/h12-13,20,28-30H,7-11,14-16H2,1-6H3. The Labute approximate surface area is 219 Å². The van der Waals surface area contributed by atoms with Crippen molar-refractivity contribution in [2.75, 3.05) is 20.2 Å². The topological polar surface area (TPSA) is 105 Å². The van der Waals surface area contributed by atoms with E-state index in [0.717, 1.165) is 47.3 Å². The second kappa shape index (κ2) is 11.7. The number of aliphatic hydroxyl groups excluding tert-OH is 1. The molecule has 9 heteroatoms. The third-order valence-corrected chi connectivity index (χ3v) is 9.38. The van der Waals surface area contributed by atoms with Gasteiger partial charge in [0.15, 0.2) is 5.78 Å². The summed E-state index contributed by atoms with van der Waals surface area (Å²) in [5.74, 6) is 0.904. The van der Waals surface area contributed by atoms with Gasteiger partial charge in [0.1, 0.15) is 18.5 Å². The fourth-order valence-corrected chi connectivity index (χ4v) is 6.69. The minimum atomic E-state index is -3.61. The molecule has 0 fully saturated rings. The summed E-state index contributed by atoms with van der Waals surface area (Å²) in [6.45, 7) is 10.5. The molecular formula is C27H40N2O5S2. The van der Waals surface area contributed by atoms with Gasteiger partial charge in [0.05, 0.1) is 4.88 Å². The Morgan fingerprint density at radius 3 is 2.50 bits per heavy atom. The number of carbonyl (C=O) groups excluding carboxylic acids is 1. The van der Waals surface area contributed by atoms with Gasteiger partial charge in [-0.25, -0.2) is 4.72 Å². The lowest BCUT2D eigenvalue weighted by Crippen LogP contribution is -2.40. The molecule has 0 amide bonds. The van der Waals surface area contributed by atoms with E-state index in [1.54, 1.807) is 11.3 Å². The van der Waals surface area contributed by atoms with Crippen LogP contribution in [0.2, 0.25) is 0 Å². The normalized spacial score (nSPS) is 16.0. The molecule has 1 unspecified atom stereocenters. The number of ketones is 1. The maximum atomic E-state index is 13.3. The molecule has 3 rings (SSSR count). The summed E-state index contributed by atoms with van der Waals surface area (Å²) in [6.07, 6.45) is 4.30. The van der Waals surface area contributed by atoms with Crippen molar-refractivity contribution in [1.82, 2.24) is 9.44 Å². The molecule has 0 saturated carbocycles. The summed E-state index contributed by atoms with van der Waals surface area (Å²) in [5.41, 5.74) is 5.95. The summed E-state index contributed by atoms with van der Waals surface area (Å²) >= 11 is 1.70. The van der Waals surface area contributed by atoms with Gasteiger partial charge < -0.3 is 9.84 Å². The number of aryl methyl sites for hydroxylation is 4. The van der Waals surface area contributed by atoms with Crippen molar-refractivity contribution in [1.29, 1.82) is 0 Å². The van der Waals surface area contributed by atoms with Gasteiger partial charge in [-0.15, -0.1) is 11.3 Å². The number of aliphatic hydroxyl groups is 1. The molecule has 0 spiro atoms. The Balaban J connectivity index is 1.62. The summed E-state index contributed by atoms with van der Waals surface area (Å²) in [6, 6.07) is 4.05. The van der Waals surface area contributed by atoms with Crippen LogP contribution in [-0.2, 0) is 35.9 Å². The maximum Gasteiger partial charge on any atom is 0.276 e. The van der Waals surface area contributed by atoms with Crippen molar-refractivity contribution in [2.24, 2.45) is 5.41 Å². The highest BCUT2D eigenvalue weighted by molar-refractivity contribution is 7.87. The number of benzene rings is 1. The van der Waals surface area contributed by atoms with Gasteiger partial charge >= 0.3 is 0 Å². The van der Waals surface area contributed by atoms with E-state index in [9.17, 15) is 18.3 Å². The molecule has 0 saturated heterocycles. The molecule has 3 N–H and O–H groups in total. The predicted molar refractivity (Wildman–Crippen MR) is 146 cm³/mol. The molecule has 2 aromatic rings. The average molecular weight is 537 g/mol. The highest BCUT2D eigenvalue weighted by atomic mass is 32.2. The highest BCUT2D eigenvalue weighted by Gasteiger charge is 2.31. The van der Waals surface area contributed by atoms with Crippen LogP contribution in [0.15, 0.2) is 12.1 Å². The molecule has 1 aromatic heterocycles. The Bertz CT molecular complexity index is 1180. The lowest BCUT2D eigenvalue weighted by Gasteiger charge is -2.30. The van der Waals surface area contributed by atoms with Gasteiger partial charge in [-0.05, 0) is 79.2 Å². The third-order valence-electron chi connectivity index (χ3n) is 6.84. The minimum Gasteiger partial charge on any atom is -0.490 e. The average Bonchev–Trinajstić information content (AvgIpc) is 3.17. The van der Waals surface area contributed by atoms with Crippen LogP contribution in [0.5, 0.6) is 5.75 Å². The Morgan fingerprint density at radius 2 is 1.89 bits per heavy atom. The monoisotopic (exact) mass is 536 g/mol. The zero-order chi connectivity index (χ0) is 26.7. The number of hydrogen-bond donors (Lipinski definition) is 3. The van der Waals surface area contributed by atoms with Crippen LogP contribution >= 0.6 is 11.3 Å². The van der Waals surface area contributed by atoms with Crippen LogP contribution in [0.4, 0.5) is 0 Å². The number of Topliss-reactive ketones (excluding diaryl/α,β-unsaturated/α-hetero) is 1. The summed E-state index contributed by atoms with van der Waals surface area (Å²) in [4.78, 5) is 15.6. The van der Waals surface area contributed by atoms with E-state index in [0.29, 0.717) is 24.0 Å². The van der Waals surface area contributed by atoms with Gasteiger partial charge in [-0.2, -0.15) is 13.1 Å². The van der Waals surface area contributed by atoms with Gasteiger partial charge in [0.2, 0.25) is 0 Å². The molecule has 36 heavy (non-hydrogen) atoms. The predicted octanol–water partition coefficient (Wildman–Crippen LogP) is 4.05. The molecule has 200 valence electrons. The van der Waals surface area contributed by atoms with Gasteiger partial charge in [0, 0.05) is 24.9 Å². The molecule has 1 atom stereocenters. The first-order valence-electron chi connectivity index (χ1n) is 12.6. The van der Waals surface area contributed by atoms with Crippen molar-refractivity contribution in [2.45, 2.75) is 79.2 Å². The van der Waals surface area contributed by atoms with E-state index in [1.165, 1.54) is 23.1 Å². The highest BCUT2D eigenvalue weighted by Crippen LogP contribution is 2.42. The van der Waals surface area contributed by atoms with Crippen LogP contribution < -0.4 is 14.2 Å². The number of thiophene rings is 1. The number of rotatable bonds is 12. The lowest BCUT2D eigenvalue weighted by molar-refractivity contribution is 0.0985. The van der Waals surface area contributed by atoms with Crippen LogP contribution in [0, 0.1) is 19.3 Å². The van der Waals surface area contributed by atoms with Crippen molar-refractivity contribution >= 4 is 27.3 Å². The molecule has 0 aliphatic heterocycles. The Hall–Kier alpha value is -1.78. The van der Waals surface area contributed by atoms with Crippen LogP contribution in [0.25, 0.3) is 0 Å². The summed E-state index contributed by atoms with van der Waals surface area (Å²) < 4.78 is 33.1. The van der Waals surface area contributed by atoms with E-state index < -0.39 is 16.3 Å². The van der Waals surface area contributed by atoms with E-state index in [4.69, 9.17) is 4.74 Å². The zero-order valence-electron chi connectivity index (χ0n) is 22.3. The molecule has 0 radical (unpaired) electrons. The van der Waals surface area contributed by atoms with Crippen molar-refractivity contribution in [3.05, 3.63) is 49.7 Å². The summed E-state index contributed by atoms with van der Waals surface area (Å²) in [7, 11) is -2.31. The fourth-order valence-electron chi connectivity index (χ4n) is 4.86. The lowest BCUT2D eigenvalue weighted by atomic mass is 9.74. The Morgan fingerprint density at radius 1 is 1.22 bits per heavy atom. The van der Waals surface area contributed by atoms with Crippen molar-refractivity contribution < 1.29 is 23.1 Å². The van der Waals surface area contributed by atoms with E-state index in [2.05, 4.69) is 30.2 Å². The summed E-state index contributed by atoms with van der Waals surface area (Å²) in [5, 5.41) is 10.1. The van der Waals surface area contributed by atoms with Gasteiger partial charge in [-0.3, -0.25) is 4.79 Å². The van der Waals surface area contributed by atoms with E-state index >= 15 is 0 Å². The first-order valence-corrected chi connectivity index (χ1v) is 14.9. The fraction of sp³-hybridized carbons (Fsp3) is 0.593. The first-order chi connectivity index (χ1) is 16.9. The Kier molecular flexibility index (Phi) is 9.38.